The molecule has 1 aromatic carbocycles. The van der Waals surface area contributed by atoms with Crippen molar-refractivity contribution >= 4 is 51.3 Å². The molecule has 1 aliphatic heterocycles. The molecule has 1 aliphatic rings. The van der Waals surface area contributed by atoms with Crippen LogP contribution in [0.1, 0.15) is 12.8 Å². The average Bonchev–Trinajstić information content (AvgIpc) is 3.27. The minimum atomic E-state index is 0.118. The third kappa shape index (κ3) is 3.00. The third-order valence-electron chi connectivity index (χ3n) is 4.27. The first-order chi connectivity index (χ1) is 12.2. The number of hydrogen-bond donors (Lipinski definition) is 1. The number of carbonyl (C=O) groups is 1. The molecule has 1 N–H and O–H groups in total. The largest absolute Gasteiger partial charge is 0.495 e. The number of halogens is 1. The summed E-state index contributed by atoms with van der Waals surface area (Å²) >= 11 is 7.59. The molecule has 2 aromatic heterocycles. The molecule has 0 aliphatic carbocycles. The molecule has 0 saturated carbocycles. The topological polar surface area (TPSA) is 84.0 Å². The zero-order chi connectivity index (χ0) is 17.4. The van der Waals surface area contributed by atoms with E-state index in [0.29, 0.717) is 32.8 Å². The minimum Gasteiger partial charge on any atom is -0.495 e. The maximum absolute atomic E-state index is 12.1. The summed E-state index contributed by atoms with van der Waals surface area (Å²) in [5.41, 5.74) is 1.91. The number of hydrogen-bond acceptors (Lipinski definition) is 6. The lowest BCUT2D eigenvalue weighted by atomic mass is 10.2. The number of aromatic amines is 1. The first kappa shape index (κ1) is 16.4. The van der Waals surface area contributed by atoms with Crippen LogP contribution < -0.4 is 4.74 Å². The Bertz CT molecular complexity index is 954. The number of amides is 1. The molecule has 25 heavy (non-hydrogen) atoms. The second-order valence-electron chi connectivity index (χ2n) is 5.79. The Morgan fingerprint density at radius 2 is 2.16 bits per heavy atom. The maximum Gasteiger partial charge on any atom is 0.233 e. The molecule has 9 heteroatoms. The van der Waals surface area contributed by atoms with E-state index in [1.165, 1.54) is 11.8 Å². The Balaban J connectivity index is 1.63. The smallest absolute Gasteiger partial charge is 0.233 e. The number of ether oxygens (including phenoxy) is 1. The SMILES string of the molecule is COc1ccc(Cl)c2c1[nH]c1nc(SCC(=O)N3CCCC3)nnc12. The number of fused-ring (bicyclic) bond motifs is 3. The van der Waals surface area contributed by atoms with Crippen LogP contribution in [0.15, 0.2) is 17.3 Å². The van der Waals surface area contributed by atoms with Gasteiger partial charge in [-0.15, -0.1) is 10.2 Å². The number of H-pyrrole nitrogens is 1. The molecule has 7 nitrogen and oxygen atoms in total. The fraction of sp³-hybridized carbons (Fsp3) is 0.375. The Morgan fingerprint density at radius 3 is 2.92 bits per heavy atom. The first-order valence-electron chi connectivity index (χ1n) is 7.96. The molecule has 1 amide bonds. The normalized spacial score (nSPS) is 14.6. The van der Waals surface area contributed by atoms with Crippen LogP contribution in [-0.4, -0.2) is 56.9 Å². The summed E-state index contributed by atoms with van der Waals surface area (Å²) in [5.74, 6) is 1.10. The summed E-state index contributed by atoms with van der Waals surface area (Å²) < 4.78 is 5.36. The highest BCUT2D eigenvalue weighted by Crippen LogP contribution is 2.35. The van der Waals surface area contributed by atoms with Crippen LogP contribution in [0.4, 0.5) is 0 Å². The van der Waals surface area contributed by atoms with Gasteiger partial charge < -0.3 is 14.6 Å². The fourth-order valence-corrected chi connectivity index (χ4v) is 3.95. The number of methoxy groups -OCH3 is 1. The molecule has 3 heterocycles. The Labute approximate surface area is 153 Å². The van der Waals surface area contributed by atoms with E-state index in [9.17, 15) is 4.79 Å². The molecule has 130 valence electrons. The van der Waals surface area contributed by atoms with Crippen LogP contribution >= 0.6 is 23.4 Å². The third-order valence-corrected chi connectivity index (χ3v) is 5.40. The van der Waals surface area contributed by atoms with Crippen LogP contribution in [0.25, 0.3) is 22.1 Å². The molecule has 0 spiro atoms. The quantitative estimate of drug-likeness (QED) is 0.704. The zero-order valence-corrected chi connectivity index (χ0v) is 15.2. The van der Waals surface area contributed by atoms with E-state index in [1.807, 2.05) is 4.90 Å². The van der Waals surface area contributed by atoms with E-state index < -0.39 is 0 Å². The van der Waals surface area contributed by atoms with Crippen molar-refractivity contribution in [2.45, 2.75) is 18.0 Å². The number of carbonyl (C=O) groups excluding carboxylic acids is 1. The van der Waals surface area contributed by atoms with Gasteiger partial charge in [0.1, 0.15) is 11.3 Å². The molecule has 4 rings (SSSR count). The van der Waals surface area contributed by atoms with Gasteiger partial charge in [-0.2, -0.15) is 0 Å². The number of nitrogens with one attached hydrogen (secondary N) is 1. The highest BCUT2D eigenvalue weighted by molar-refractivity contribution is 7.99. The lowest BCUT2D eigenvalue weighted by Gasteiger charge is -2.13. The average molecular weight is 378 g/mol. The van der Waals surface area contributed by atoms with Crippen molar-refractivity contribution in [2.75, 3.05) is 26.0 Å². The highest BCUT2D eigenvalue weighted by Gasteiger charge is 2.19. The van der Waals surface area contributed by atoms with Crippen LogP contribution in [0.3, 0.4) is 0 Å². The lowest BCUT2D eigenvalue weighted by molar-refractivity contribution is -0.127. The minimum absolute atomic E-state index is 0.118. The van der Waals surface area contributed by atoms with Crippen molar-refractivity contribution < 1.29 is 9.53 Å². The molecule has 1 saturated heterocycles. The van der Waals surface area contributed by atoms with Gasteiger partial charge in [0.25, 0.3) is 0 Å². The summed E-state index contributed by atoms with van der Waals surface area (Å²) in [6, 6.07) is 3.55. The monoisotopic (exact) mass is 377 g/mol. The number of benzene rings is 1. The molecular formula is C16H16ClN5O2S. The maximum atomic E-state index is 12.1. The van der Waals surface area contributed by atoms with Gasteiger partial charge in [0.15, 0.2) is 5.65 Å². The van der Waals surface area contributed by atoms with Crippen molar-refractivity contribution in [1.82, 2.24) is 25.1 Å². The van der Waals surface area contributed by atoms with E-state index in [0.717, 1.165) is 36.8 Å². The van der Waals surface area contributed by atoms with Crippen molar-refractivity contribution in [3.8, 4) is 5.75 Å². The lowest BCUT2D eigenvalue weighted by Crippen LogP contribution is -2.29. The molecule has 0 unspecified atom stereocenters. The van der Waals surface area contributed by atoms with Crippen molar-refractivity contribution in [3.63, 3.8) is 0 Å². The summed E-state index contributed by atoms with van der Waals surface area (Å²) in [7, 11) is 1.60. The van der Waals surface area contributed by atoms with E-state index in [2.05, 4.69) is 20.2 Å². The number of aromatic nitrogens is 4. The van der Waals surface area contributed by atoms with Gasteiger partial charge in [-0.25, -0.2) is 4.98 Å². The van der Waals surface area contributed by atoms with E-state index in [4.69, 9.17) is 16.3 Å². The Hall–Kier alpha value is -2.06. The fourth-order valence-electron chi connectivity index (χ4n) is 3.01. The standard InChI is InChI=1S/C16H16ClN5O2S/c1-24-10-5-4-9(17)12-13(10)18-15-14(12)20-21-16(19-15)25-8-11(23)22-6-2-3-7-22/h4-5H,2-3,6-8H2,1H3,(H,18,19,21). The molecule has 0 atom stereocenters. The molecular weight excluding hydrogens is 362 g/mol. The van der Waals surface area contributed by atoms with Gasteiger partial charge in [0.05, 0.1) is 28.8 Å². The van der Waals surface area contributed by atoms with Gasteiger partial charge in [-0.1, -0.05) is 23.4 Å². The van der Waals surface area contributed by atoms with Crippen LogP contribution in [-0.2, 0) is 4.79 Å². The molecule has 1 fully saturated rings. The number of likely N-dealkylation sites (tertiary alicyclic amines) is 1. The molecule has 0 bridgehead atoms. The summed E-state index contributed by atoms with van der Waals surface area (Å²) in [4.78, 5) is 21.7. The summed E-state index contributed by atoms with van der Waals surface area (Å²) in [6.45, 7) is 1.69. The van der Waals surface area contributed by atoms with Gasteiger partial charge in [-0.3, -0.25) is 4.79 Å². The second kappa shape index (κ2) is 6.68. The number of thioether (sulfide) groups is 1. The van der Waals surface area contributed by atoms with Crippen molar-refractivity contribution in [3.05, 3.63) is 17.2 Å². The first-order valence-corrected chi connectivity index (χ1v) is 9.33. The van der Waals surface area contributed by atoms with Gasteiger partial charge >= 0.3 is 0 Å². The number of nitrogens with zero attached hydrogens (tertiary/aromatic N) is 4. The predicted molar refractivity (Wildman–Crippen MR) is 97.3 cm³/mol. The second-order valence-corrected chi connectivity index (χ2v) is 7.14. The number of rotatable bonds is 4. The van der Waals surface area contributed by atoms with E-state index >= 15 is 0 Å². The van der Waals surface area contributed by atoms with E-state index in [1.54, 1.807) is 19.2 Å². The summed E-state index contributed by atoms with van der Waals surface area (Å²) in [5, 5.41) is 10.1. The van der Waals surface area contributed by atoms with Crippen LogP contribution in [0.5, 0.6) is 5.75 Å². The zero-order valence-electron chi connectivity index (χ0n) is 13.6. The van der Waals surface area contributed by atoms with Crippen LogP contribution in [0, 0.1) is 0 Å². The predicted octanol–water partition coefficient (Wildman–Crippen LogP) is 2.88. The Kier molecular flexibility index (Phi) is 4.39. The molecule has 0 radical (unpaired) electrons. The Morgan fingerprint density at radius 1 is 1.36 bits per heavy atom. The van der Waals surface area contributed by atoms with Gasteiger partial charge in [-0.05, 0) is 25.0 Å². The highest BCUT2D eigenvalue weighted by atomic mass is 35.5. The van der Waals surface area contributed by atoms with Crippen molar-refractivity contribution in [1.29, 1.82) is 0 Å². The summed E-state index contributed by atoms with van der Waals surface area (Å²) in [6.07, 6.45) is 2.16. The van der Waals surface area contributed by atoms with Crippen LogP contribution in [0.2, 0.25) is 5.02 Å². The van der Waals surface area contributed by atoms with Gasteiger partial charge in [0, 0.05) is 13.1 Å². The van der Waals surface area contributed by atoms with E-state index in [-0.39, 0.29) is 5.91 Å². The van der Waals surface area contributed by atoms with Crippen molar-refractivity contribution in [2.24, 2.45) is 0 Å². The molecule has 3 aromatic rings. The van der Waals surface area contributed by atoms with Gasteiger partial charge in [0.2, 0.25) is 11.1 Å².